The first-order valence-corrected chi connectivity index (χ1v) is 7.69. The molecule has 3 N–H and O–H groups in total. The molecule has 1 aromatic carbocycles. The lowest BCUT2D eigenvalue weighted by atomic mass is 10.3. The summed E-state index contributed by atoms with van der Waals surface area (Å²) in [5, 5.41) is 18.9. The SMILES string of the molecule is O=S(=O)=NCCNc1nonc1C(=Nc1ccc(F)c(Cl)c1)NO. The maximum Gasteiger partial charge on any atom is 0.311 e. The van der Waals surface area contributed by atoms with Gasteiger partial charge in [0.2, 0.25) is 5.82 Å². The van der Waals surface area contributed by atoms with E-state index >= 15 is 0 Å². The molecule has 2 aromatic rings. The zero-order chi connectivity index (χ0) is 17.5. The lowest BCUT2D eigenvalue weighted by molar-refractivity contribution is 0.234. The quantitative estimate of drug-likeness (QED) is 0.297. The summed E-state index contributed by atoms with van der Waals surface area (Å²) >= 11 is 5.66. The topological polar surface area (TPSA) is 142 Å². The van der Waals surface area contributed by atoms with E-state index in [-0.39, 0.29) is 41.1 Å². The number of hydrogen-bond donors (Lipinski definition) is 3. The zero-order valence-electron chi connectivity index (χ0n) is 11.8. The maximum atomic E-state index is 13.1. The first kappa shape index (κ1) is 17.8. The van der Waals surface area contributed by atoms with Crippen LogP contribution in [0.1, 0.15) is 5.69 Å². The van der Waals surface area contributed by atoms with E-state index in [0.717, 1.165) is 6.07 Å². The van der Waals surface area contributed by atoms with Crippen molar-refractivity contribution < 1.29 is 22.6 Å². The molecule has 0 saturated carbocycles. The van der Waals surface area contributed by atoms with Gasteiger partial charge in [-0.3, -0.25) is 10.7 Å². The van der Waals surface area contributed by atoms with E-state index in [1.807, 2.05) is 5.48 Å². The van der Waals surface area contributed by atoms with Crippen LogP contribution in [-0.2, 0) is 10.5 Å². The van der Waals surface area contributed by atoms with Crippen molar-refractivity contribution in [2.45, 2.75) is 0 Å². The van der Waals surface area contributed by atoms with Crippen molar-refractivity contribution in [3.8, 4) is 0 Å². The molecule has 0 spiro atoms. The third-order valence-corrected chi connectivity index (χ3v) is 3.25. The van der Waals surface area contributed by atoms with Crippen LogP contribution in [0.4, 0.5) is 15.9 Å². The van der Waals surface area contributed by atoms with Gasteiger partial charge in [-0.25, -0.2) is 14.0 Å². The van der Waals surface area contributed by atoms with Gasteiger partial charge in [0.05, 0.1) is 17.3 Å². The van der Waals surface area contributed by atoms with Gasteiger partial charge in [0, 0.05) is 6.54 Å². The van der Waals surface area contributed by atoms with Gasteiger partial charge >= 0.3 is 10.5 Å². The molecule has 128 valence electrons. The van der Waals surface area contributed by atoms with Gasteiger partial charge < -0.3 is 5.32 Å². The largest absolute Gasteiger partial charge is 0.363 e. The minimum absolute atomic E-state index is 0.0150. The number of hydrogen-bond acceptors (Lipinski definition) is 9. The minimum atomic E-state index is -2.50. The maximum absolute atomic E-state index is 13.1. The normalized spacial score (nSPS) is 11.2. The Morgan fingerprint density at radius 2 is 2.21 bits per heavy atom. The molecule has 0 unspecified atom stereocenters. The third-order valence-electron chi connectivity index (χ3n) is 2.56. The second-order valence-electron chi connectivity index (χ2n) is 4.13. The molecule has 0 bridgehead atoms. The summed E-state index contributed by atoms with van der Waals surface area (Å²) in [6.07, 6.45) is 0. The number of halogens is 2. The number of nitrogens with one attached hydrogen (secondary N) is 2. The smallest absolute Gasteiger partial charge is 0.311 e. The Balaban J connectivity index is 2.21. The Labute approximate surface area is 141 Å². The van der Waals surface area contributed by atoms with E-state index in [0.29, 0.717) is 0 Å². The summed E-state index contributed by atoms with van der Waals surface area (Å²) in [5.74, 6) is -0.666. The summed E-state index contributed by atoms with van der Waals surface area (Å²) in [5.41, 5.74) is 2.08. The van der Waals surface area contributed by atoms with Gasteiger partial charge in [-0.05, 0) is 28.5 Å². The molecule has 0 amide bonds. The summed E-state index contributed by atoms with van der Waals surface area (Å²) in [4.78, 5) is 4.02. The molecule has 0 saturated heterocycles. The number of hydroxylamine groups is 1. The molecule has 0 aliphatic heterocycles. The number of rotatable bonds is 6. The Morgan fingerprint density at radius 1 is 1.42 bits per heavy atom. The highest BCUT2D eigenvalue weighted by Crippen LogP contribution is 2.22. The van der Waals surface area contributed by atoms with Crippen LogP contribution in [0.3, 0.4) is 0 Å². The van der Waals surface area contributed by atoms with Crippen LogP contribution in [0.25, 0.3) is 0 Å². The van der Waals surface area contributed by atoms with Crippen LogP contribution < -0.4 is 10.8 Å². The fourth-order valence-corrected chi connectivity index (χ4v) is 1.98. The summed E-state index contributed by atoms with van der Waals surface area (Å²) in [6, 6.07) is 3.69. The summed E-state index contributed by atoms with van der Waals surface area (Å²) < 4.78 is 41.5. The second-order valence-corrected chi connectivity index (χ2v) is 5.23. The van der Waals surface area contributed by atoms with Gasteiger partial charge in [0.25, 0.3) is 0 Å². The minimum Gasteiger partial charge on any atom is -0.363 e. The van der Waals surface area contributed by atoms with E-state index in [1.54, 1.807) is 0 Å². The Bertz CT molecular complexity index is 876. The van der Waals surface area contributed by atoms with Crippen molar-refractivity contribution in [1.82, 2.24) is 15.8 Å². The molecular weight excluding hydrogens is 367 g/mol. The Hall–Kier alpha value is -2.57. The van der Waals surface area contributed by atoms with Crippen molar-refractivity contribution >= 4 is 39.4 Å². The lowest BCUT2D eigenvalue weighted by Crippen LogP contribution is -2.22. The van der Waals surface area contributed by atoms with Gasteiger partial charge in [0.1, 0.15) is 5.82 Å². The van der Waals surface area contributed by atoms with Crippen molar-refractivity contribution in [2.24, 2.45) is 9.36 Å². The molecule has 0 aliphatic carbocycles. The van der Waals surface area contributed by atoms with Crippen molar-refractivity contribution in [1.29, 1.82) is 0 Å². The molecule has 0 fully saturated rings. The average Bonchev–Trinajstić information content (AvgIpc) is 3.00. The second kappa shape index (κ2) is 8.33. The first-order chi connectivity index (χ1) is 11.5. The number of nitrogens with zero attached hydrogens (tertiary/aromatic N) is 4. The lowest BCUT2D eigenvalue weighted by Gasteiger charge is -2.04. The highest BCUT2D eigenvalue weighted by atomic mass is 35.5. The Kier molecular flexibility index (Phi) is 6.17. The highest BCUT2D eigenvalue weighted by molar-refractivity contribution is 7.61. The van der Waals surface area contributed by atoms with Crippen LogP contribution in [0.5, 0.6) is 0 Å². The number of aliphatic imine (C=N–C) groups is 1. The molecule has 1 aromatic heterocycles. The molecule has 0 radical (unpaired) electrons. The fourth-order valence-electron chi connectivity index (χ4n) is 1.57. The highest BCUT2D eigenvalue weighted by Gasteiger charge is 2.16. The van der Waals surface area contributed by atoms with Gasteiger partial charge in [-0.2, -0.15) is 12.8 Å². The molecule has 10 nitrogen and oxygen atoms in total. The third kappa shape index (κ3) is 4.71. The molecule has 1 heterocycles. The molecule has 13 heteroatoms. The van der Waals surface area contributed by atoms with Crippen molar-refractivity contribution in [2.75, 3.05) is 18.4 Å². The summed E-state index contributed by atoms with van der Waals surface area (Å²) in [7, 11) is -2.50. The van der Waals surface area contributed by atoms with Crippen LogP contribution in [0.15, 0.2) is 32.2 Å². The standard InChI is InChI=1S/C11H10ClFN6O4S/c12-7-5-6(1-2-8(7)13)16-11(17-20)9-10(19-23-18-9)14-3-4-15-24(21)22/h1-2,5,20H,3-4H2,(H,14,19)(H,16,17). The zero-order valence-corrected chi connectivity index (χ0v) is 13.3. The monoisotopic (exact) mass is 376 g/mol. The summed E-state index contributed by atoms with van der Waals surface area (Å²) in [6.45, 7) is 0.0886. The number of aromatic nitrogens is 2. The van der Waals surface area contributed by atoms with Gasteiger partial charge in [-0.1, -0.05) is 11.6 Å². The van der Waals surface area contributed by atoms with E-state index in [9.17, 15) is 18.0 Å². The predicted octanol–water partition coefficient (Wildman–Crippen LogP) is 1.39. The molecular formula is C11H10ClFN6O4S. The van der Waals surface area contributed by atoms with E-state index in [1.165, 1.54) is 12.1 Å². The molecule has 0 atom stereocenters. The van der Waals surface area contributed by atoms with E-state index in [4.69, 9.17) is 11.6 Å². The van der Waals surface area contributed by atoms with Crippen molar-refractivity contribution in [3.05, 3.63) is 34.7 Å². The Morgan fingerprint density at radius 3 is 2.88 bits per heavy atom. The molecule has 0 aliphatic rings. The number of anilines is 1. The predicted molar refractivity (Wildman–Crippen MR) is 81.5 cm³/mol. The van der Waals surface area contributed by atoms with E-state index in [2.05, 4.69) is 29.6 Å². The number of benzene rings is 1. The fraction of sp³-hybridized carbons (Fsp3) is 0.182. The molecule has 24 heavy (non-hydrogen) atoms. The number of amidine groups is 1. The van der Waals surface area contributed by atoms with Crippen molar-refractivity contribution in [3.63, 3.8) is 0 Å². The average molecular weight is 377 g/mol. The first-order valence-electron chi connectivity index (χ1n) is 6.28. The van der Waals surface area contributed by atoms with E-state index < -0.39 is 16.3 Å². The van der Waals surface area contributed by atoms with Crippen LogP contribution in [-0.4, -0.2) is 42.9 Å². The van der Waals surface area contributed by atoms with Crippen LogP contribution in [0, 0.1) is 5.82 Å². The van der Waals surface area contributed by atoms with Crippen LogP contribution in [0.2, 0.25) is 5.02 Å². The molecule has 2 rings (SSSR count). The van der Waals surface area contributed by atoms with Gasteiger partial charge in [-0.15, -0.1) is 0 Å². The van der Waals surface area contributed by atoms with Crippen LogP contribution >= 0.6 is 11.6 Å². The van der Waals surface area contributed by atoms with Gasteiger partial charge in [0.15, 0.2) is 11.5 Å².